The second-order valence-corrected chi connectivity index (χ2v) is 2.72. The summed E-state index contributed by atoms with van der Waals surface area (Å²) in [6.45, 7) is 0. The van der Waals surface area contributed by atoms with Gasteiger partial charge in [-0.25, -0.2) is 18.2 Å². The summed E-state index contributed by atoms with van der Waals surface area (Å²) in [6, 6.07) is 0.847. The van der Waals surface area contributed by atoms with Crippen molar-refractivity contribution in [3.8, 4) is 0 Å². The van der Waals surface area contributed by atoms with Crippen LogP contribution in [0.4, 0.5) is 13.2 Å². The number of nitrogens with zero attached hydrogens (tertiary/aromatic N) is 1. The van der Waals surface area contributed by atoms with Crippen molar-refractivity contribution < 1.29 is 18.0 Å². The molecule has 0 saturated heterocycles. The van der Waals surface area contributed by atoms with E-state index < -0.39 is 23.6 Å². The number of carbonyl (C=O) groups is 1. The number of halogens is 4. The number of rotatable bonds is 3. The van der Waals surface area contributed by atoms with Crippen LogP contribution in [0.15, 0.2) is 6.07 Å². The van der Waals surface area contributed by atoms with Crippen LogP contribution < -0.4 is 0 Å². The Bertz CT molecular complexity index is 357. The van der Waals surface area contributed by atoms with Crippen LogP contribution in [-0.2, 0) is 5.88 Å². The van der Waals surface area contributed by atoms with Crippen molar-refractivity contribution in [3.05, 3.63) is 28.8 Å². The molecular formula is C8H5ClF3NO. The molecule has 1 heterocycles. The first-order valence-electron chi connectivity index (χ1n) is 3.58. The van der Waals surface area contributed by atoms with Crippen molar-refractivity contribution in [1.29, 1.82) is 0 Å². The van der Waals surface area contributed by atoms with Gasteiger partial charge in [0.05, 0.1) is 5.88 Å². The van der Waals surface area contributed by atoms with Crippen molar-refractivity contribution in [2.75, 3.05) is 0 Å². The fourth-order valence-electron chi connectivity index (χ4n) is 0.914. The molecule has 0 saturated carbocycles. The first kappa shape index (κ1) is 11.0. The molecule has 1 aromatic heterocycles. The van der Waals surface area contributed by atoms with Gasteiger partial charge in [0.2, 0.25) is 0 Å². The SMILES string of the molecule is O=Cc1nc(C(F)F)cc(CCl)c1F. The Hall–Kier alpha value is -1.10. The zero-order valence-electron chi connectivity index (χ0n) is 6.81. The summed E-state index contributed by atoms with van der Waals surface area (Å²) >= 11 is 5.31. The number of pyridine rings is 1. The number of hydrogen-bond donors (Lipinski definition) is 0. The Morgan fingerprint density at radius 1 is 1.57 bits per heavy atom. The van der Waals surface area contributed by atoms with E-state index >= 15 is 0 Å². The van der Waals surface area contributed by atoms with Gasteiger partial charge in [0.25, 0.3) is 6.43 Å². The minimum Gasteiger partial charge on any atom is -0.296 e. The maximum atomic E-state index is 13.1. The van der Waals surface area contributed by atoms with Crippen molar-refractivity contribution in [2.24, 2.45) is 0 Å². The lowest BCUT2D eigenvalue weighted by Gasteiger charge is -2.04. The lowest BCUT2D eigenvalue weighted by Crippen LogP contribution is -2.03. The zero-order chi connectivity index (χ0) is 10.7. The number of aldehydes is 1. The third-order valence-electron chi connectivity index (χ3n) is 1.56. The Morgan fingerprint density at radius 2 is 2.21 bits per heavy atom. The van der Waals surface area contributed by atoms with Gasteiger partial charge in [0.15, 0.2) is 12.1 Å². The van der Waals surface area contributed by atoms with Gasteiger partial charge in [0.1, 0.15) is 11.4 Å². The third-order valence-corrected chi connectivity index (χ3v) is 1.85. The zero-order valence-corrected chi connectivity index (χ0v) is 7.56. The van der Waals surface area contributed by atoms with Gasteiger partial charge >= 0.3 is 0 Å². The average molecular weight is 224 g/mol. The summed E-state index contributed by atoms with van der Waals surface area (Å²) in [5, 5.41) is 0. The van der Waals surface area contributed by atoms with Crippen molar-refractivity contribution in [1.82, 2.24) is 4.98 Å². The molecule has 6 heteroatoms. The molecule has 0 amide bonds. The summed E-state index contributed by atoms with van der Waals surface area (Å²) in [7, 11) is 0. The maximum Gasteiger partial charge on any atom is 0.280 e. The fraction of sp³-hybridized carbons (Fsp3) is 0.250. The monoisotopic (exact) mass is 223 g/mol. The lowest BCUT2D eigenvalue weighted by molar-refractivity contribution is 0.111. The van der Waals surface area contributed by atoms with E-state index in [1.165, 1.54) is 0 Å². The van der Waals surface area contributed by atoms with E-state index in [4.69, 9.17) is 11.6 Å². The minimum absolute atomic E-state index is 0.0806. The largest absolute Gasteiger partial charge is 0.296 e. The molecule has 0 radical (unpaired) electrons. The van der Waals surface area contributed by atoms with Crippen LogP contribution in [0.25, 0.3) is 0 Å². The van der Waals surface area contributed by atoms with Crippen LogP contribution in [-0.4, -0.2) is 11.3 Å². The number of carbonyl (C=O) groups excluding carboxylic acids is 1. The molecular weight excluding hydrogens is 219 g/mol. The highest BCUT2D eigenvalue weighted by atomic mass is 35.5. The van der Waals surface area contributed by atoms with Crippen molar-refractivity contribution in [3.63, 3.8) is 0 Å². The number of aromatic nitrogens is 1. The fourth-order valence-corrected chi connectivity index (χ4v) is 1.11. The molecule has 0 spiro atoms. The molecule has 1 aromatic rings. The van der Waals surface area contributed by atoms with E-state index in [1.807, 2.05) is 0 Å². The quantitative estimate of drug-likeness (QED) is 0.583. The highest BCUT2D eigenvalue weighted by Gasteiger charge is 2.16. The first-order valence-corrected chi connectivity index (χ1v) is 4.12. The Balaban J connectivity index is 3.31. The van der Waals surface area contributed by atoms with Crippen LogP contribution in [0.1, 0.15) is 28.2 Å². The normalized spacial score (nSPS) is 10.6. The van der Waals surface area contributed by atoms with Gasteiger partial charge in [0, 0.05) is 5.56 Å². The molecule has 0 aliphatic heterocycles. The third kappa shape index (κ3) is 2.04. The minimum atomic E-state index is -2.85. The highest BCUT2D eigenvalue weighted by molar-refractivity contribution is 6.17. The van der Waals surface area contributed by atoms with Gasteiger partial charge in [-0.15, -0.1) is 11.6 Å². The molecule has 0 bridgehead atoms. The molecule has 2 nitrogen and oxygen atoms in total. The molecule has 0 atom stereocenters. The summed E-state index contributed by atoms with van der Waals surface area (Å²) in [5.74, 6) is -1.23. The van der Waals surface area contributed by atoms with Gasteiger partial charge in [-0.3, -0.25) is 4.79 Å². The average Bonchev–Trinajstić information content (AvgIpc) is 2.17. The topological polar surface area (TPSA) is 30.0 Å². The smallest absolute Gasteiger partial charge is 0.280 e. The predicted molar refractivity (Wildman–Crippen MR) is 44.1 cm³/mol. The van der Waals surface area contributed by atoms with E-state index in [9.17, 15) is 18.0 Å². The van der Waals surface area contributed by atoms with Crippen LogP contribution in [0.3, 0.4) is 0 Å². The van der Waals surface area contributed by atoms with Crippen LogP contribution in [0.5, 0.6) is 0 Å². The standard InChI is InChI=1S/C8H5ClF3NO/c9-2-4-1-5(8(11)12)13-6(3-14)7(4)10/h1,3,8H,2H2. The lowest BCUT2D eigenvalue weighted by atomic mass is 10.2. The maximum absolute atomic E-state index is 13.1. The number of hydrogen-bond acceptors (Lipinski definition) is 2. The van der Waals surface area contributed by atoms with Gasteiger partial charge in [-0.2, -0.15) is 0 Å². The van der Waals surface area contributed by atoms with Crippen LogP contribution in [0.2, 0.25) is 0 Å². The van der Waals surface area contributed by atoms with Gasteiger partial charge in [-0.05, 0) is 6.07 Å². The van der Waals surface area contributed by atoms with Crippen LogP contribution >= 0.6 is 11.6 Å². The molecule has 0 unspecified atom stereocenters. The van der Waals surface area contributed by atoms with Crippen molar-refractivity contribution >= 4 is 17.9 Å². The highest BCUT2D eigenvalue weighted by Crippen LogP contribution is 2.21. The summed E-state index contributed by atoms with van der Waals surface area (Å²) in [5.41, 5.74) is -1.44. The number of alkyl halides is 3. The molecule has 0 N–H and O–H groups in total. The molecule has 0 aliphatic rings. The molecule has 0 fully saturated rings. The molecule has 14 heavy (non-hydrogen) atoms. The Morgan fingerprint density at radius 3 is 2.64 bits per heavy atom. The summed E-state index contributed by atoms with van der Waals surface area (Å²) in [4.78, 5) is 13.4. The van der Waals surface area contributed by atoms with E-state index in [2.05, 4.69) is 4.98 Å². The van der Waals surface area contributed by atoms with E-state index in [0.29, 0.717) is 0 Å². The second-order valence-electron chi connectivity index (χ2n) is 2.46. The molecule has 1 rings (SSSR count). The Kier molecular flexibility index (Phi) is 3.46. The Labute approximate surface area is 82.7 Å². The molecule has 0 aromatic carbocycles. The predicted octanol–water partition coefficient (Wildman–Crippen LogP) is 2.71. The first-order chi connectivity index (χ1) is 6.60. The van der Waals surface area contributed by atoms with E-state index in [0.717, 1.165) is 6.07 Å². The van der Waals surface area contributed by atoms with Crippen molar-refractivity contribution in [2.45, 2.75) is 12.3 Å². The van der Waals surface area contributed by atoms with Crippen LogP contribution in [0, 0.1) is 5.82 Å². The van der Waals surface area contributed by atoms with E-state index in [1.54, 1.807) is 0 Å². The summed E-state index contributed by atoms with van der Waals surface area (Å²) < 4.78 is 37.5. The van der Waals surface area contributed by atoms with E-state index in [-0.39, 0.29) is 17.7 Å². The molecule has 0 aliphatic carbocycles. The molecule has 76 valence electrons. The van der Waals surface area contributed by atoms with Gasteiger partial charge < -0.3 is 0 Å². The van der Waals surface area contributed by atoms with Gasteiger partial charge in [-0.1, -0.05) is 0 Å². The second kappa shape index (κ2) is 4.41. The summed E-state index contributed by atoms with van der Waals surface area (Å²) in [6.07, 6.45) is -2.77.